The van der Waals surface area contributed by atoms with Crippen molar-refractivity contribution in [2.45, 2.75) is 33.6 Å². The molecule has 0 aliphatic carbocycles. The lowest BCUT2D eigenvalue weighted by Crippen LogP contribution is -2.33. The summed E-state index contributed by atoms with van der Waals surface area (Å²) < 4.78 is 5.37. The van der Waals surface area contributed by atoms with Crippen molar-refractivity contribution in [2.24, 2.45) is 0 Å². The fraction of sp³-hybridized carbons (Fsp3) is 0.467. The fourth-order valence-electron chi connectivity index (χ4n) is 2.30. The van der Waals surface area contributed by atoms with Crippen LogP contribution in [-0.2, 0) is 0 Å². The SMILES string of the molecule is CCCN(CCC)C(=O)c1c(-c2ccco2)n[nH]c1C. The first kappa shape index (κ1) is 14.4. The summed E-state index contributed by atoms with van der Waals surface area (Å²) in [4.78, 5) is 14.6. The highest BCUT2D eigenvalue weighted by Gasteiger charge is 2.24. The quantitative estimate of drug-likeness (QED) is 0.880. The van der Waals surface area contributed by atoms with E-state index in [0.29, 0.717) is 17.0 Å². The number of aryl methyl sites for hydroxylation is 1. The van der Waals surface area contributed by atoms with Gasteiger partial charge in [0.05, 0.1) is 11.8 Å². The third kappa shape index (κ3) is 2.76. The Hall–Kier alpha value is -2.04. The molecule has 0 aliphatic rings. The van der Waals surface area contributed by atoms with Crippen LogP contribution in [0.25, 0.3) is 11.5 Å². The number of nitrogens with one attached hydrogen (secondary N) is 1. The molecule has 2 aromatic heterocycles. The standard InChI is InChI=1S/C15H21N3O2/c1-4-8-18(9-5-2)15(19)13-11(3)16-17-14(13)12-7-6-10-20-12/h6-7,10H,4-5,8-9H2,1-3H3,(H,16,17). The average Bonchev–Trinajstić information content (AvgIpc) is 3.06. The van der Waals surface area contributed by atoms with Gasteiger partial charge in [0, 0.05) is 18.8 Å². The number of hydrogen-bond donors (Lipinski definition) is 1. The number of carbonyl (C=O) groups is 1. The van der Waals surface area contributed by atoms with Crippen LogP contribution in [0.1, 0.15) is 42.7 Å². The second-order valence-electron chi connectivity index (χ2n) is 4.84. The Bertz CT molecular complexity index is 552. The Balaban J connectivity index is 2.36. The van der Waals surface area contributed by atoms with Gasteiger partial charge in [-0.05, 0) is 31.9 Å². The van der Waals surface area contributed by atoms with Gasteiger partial charge in [-0.1, -0.05) is 13.8 Å². The minimum absolute atomic E-state index is 0.0198. The predicted molar refractivity (Wildman–Crippen MR) is 77.5 cm³/mol. The van der Waals surface area contributed by atoms with E-state index in [9.17, 15) is 4.79 Å². The Kier molecular flexibility index (Phi) is 4.61. The summed E-state index contributed by atoms with van der Waals surface area (Å²) in [5.74, 6) is 0.636. The van der Waals surface area contributed by atoms with Crippen molar-refractivity contribution < 1.29 is 9.21 Å². The van der Waals surface area contributed by atoms with Crippen LogP contribution in [0.2, 0.25) is 0 Å². The molecule has 0 spiro atoms. The minimum Gasteiger partial charge on any atom is -0.463 e. The maximum atomic E-state index is 12.7. The smallest absolute Gasteiger partial charge is 0.258 e. The first-order valence-electron chi connectivity index (χ1n) is 7.07. The number of amides is 1. The van der Waals surface area contributed by atoms with E-state index in [1.807, 2.05) is 17.9 Å². The highest BCUT2D eigenvalue weighted by molar-refractivity contribution is 6.00. The Labute approximate surface area is 119 Å². The molecule has 108 valence electrons. The molecule has 5 heteroatoms. The van der Waals surface area contributed by atoms with E-state index in [2.05, 4.69) is 24.0 Å². The summed E-state index contributed by atoms with van der Waals surface area (Å²) >= 11 is 0. The number of carbonyl (C=O) groups excluding carboxylic acids is 1. The number of H-pyrrole nitrogens is 1. The lowest BCUT2D eigenvalue weighted by molar-refractivity contribution is 0.0755. The predicted octanol–water partition coefficient (Wildman–Crippen LogP) is 3.24. The van der Waals surface area contributed by atoms with Gasteiger partial charge in [0.1, 0.15) is 5.69 Å². The van der Waals surface area contributed by atoms with Crippen LogP contribution < -0.4 is 0 Å². The molecule has 0 unspecified atom stereocenters. The Morgan fingerprint density at radius 2 is 2.05 bits per heavy atom. The zero-order valence-corrected chi connectivity index (χ0v) is 12.3. The molecule has 0 aromatic carbocycles. The van der Waals surface area contributed by atoms with E-state index in [1.54, 1.807) is 12.3 Å². The summed E-state index contributed by atoms with van der Waals surface area (Å²) in [5.41, 5.74) is 1.98. The van der Waals surface area contributed by atoms with Crippen molar-refractivity contribution in [2.75, 3.05) is 13.1 Å². The van der Waals surface area contributed by atoms with Crippen molar-refractivity contribution in [3.8, 4) is 11.5 Å². The zero-order valence-electron chi connectivity index (χ0n) is 12.3. The zero-order chi connectivity index (χ0) is 14.5. The maximum absolute atomic E-state index is 12.7. The van der Waals surface area contributed by atoms with Crippen LogP contribution in [0, 0.1) is 6.92 Å². The van der Waals surface area contributed by atoms with Crippen LogP contribution in [0.3, 0.4) is 0 Å². The molecule has 1 amide bonds. The summed E-state index contributed by atoms with van der Waals surface area (Å²) in [6.45, 7) is 7.53. The van der Waals surface area contributed by atoms with Crippen molar-refractivity contribution in [1.82, 2.24) is 15.1 Å². The highest BCUT2D eigenvalue weighted by atomic mass is 16.3. The molecular formula is C15H21N3O2. The van der Waals surface area contributed by atoms with Crippen LogP contribution in [0.5, 0.6) is 0 Å². The van der Waals surface area contributed by atoms with E-state index in [4.69, 9.17) is 4.42 Å². The Morgan fingerprint density at radius 1 is 1.35 bits per heavy atom. The number of aromatic amines is 1. The molecule has 2 rings (SSSR count). The van der Waals surface area contributed by atoms with Gasteiger partial charge in [0.15, 0.2) is 5.76 Å². The molecule has 0 atom stereocenters. The van der Waals surface area contributed by atoms with Crippen molar-refractivity contribution in [3.05, 3.63) is 29.7 Å². The maximum Gasteiger partial charge on any atom is 0.258 e. The van der Waals surface area contributed by atoms with Gasteiger partial charge in [-0.25, -0.2) is 0 Å². The van der Waals surface area contributed by atoms with Gasteiger partial charge in [-0.3, -0.25) is 9.89 Å². The van der Waals surface area contributed by atoms with E-state index >= 15 is 0 Å². The van der Waals surface area contributed by atoms with Crippen LogP contribution in [0.15, 0.2) is 22.8 Å². The van der Waals surface area contributed by atoms with Gasteiger partial charge in [-0.2, -0.15) is 5.10 Å². The number of hydrogen-bond acceptors (Lipinski definition) is 3. The normalized spacial score (nSPS) is 10.8. The molecule has 0 bridgehead atoms. The third-order valence-electron chi connectivity index (χ3n) is 3.19. The summed E-state index contributed by atoms with van der Waals surface area (Å²) in [5, 5.41) is 7.10. The Morgan fingerprint density at radius 3 is 2.60 bits per heavy atom. The van der Waals surface area contributed by atoms with Gasteiger partial charge in [0.2, 0.25) is 0 Å². The summed E-state index contributed by atoms with van der Waals surface area (Å²) in [6, 6.07) is 3.61. The summed E-state index contributed by atoms with van der Waals surface area (Å²) in [7, 11) is 0. The van der Waals surface area contributed by atoms with Crippen LogP contribution in [-0.4, -0.2) is 34.1 Å². The van der Waals surface area contributed by atoms with E-state index in [0.717, 1.165) is 31.6 Å². The lowest BCUT2D eigenvalue weighted by Gasteiger charge is -2.21. The largest absolute Gasteiger partial charge is 0.463 e. The van der Waals surface area contributed by atoms with Gasteiger partial charge >= 0.3 is 0 Å². The first-order chi connectivity index (χ1) is 9.69. The second kappa shape index (κ2) is 6.41. The van der Waals surface area contributed by atoms with Gasteiger partial charge in [-0.15, -0.1) is 0 Å². The minimum atomic E-state index is 0.0198. The molecule has 0 fully saturated rings. The molecule has 2 aromatic rings. The van der Waals surface area contributed by atoms with E-state index in [-0.39, 0.29) is 5.91 Å². The van der Waals surface area contributed by atoms with Crippen LogP contribution in [0.4, 0.5) is 0 Å². The number of furan rings is 1. The fourth-order valence-corrected chi connectivity index (χ4v) is 2.30. The molecule has 2 heterocycles. The topological polar surface area (TPSA) is 62.1 Å². The van der Waals surface area contributed by atoms with Crippen molar-refractivity contribution in [1.29, 1.82) is 0 Å². The second-order valence-corrected chi connectivity index (χ2v) is 4.84. The van der Waals surface area contributed by atoms with Crippen LogP contribution >= 0.6 is 0 Å². The van der Waals surface area contributed by atoms with Crippen molar-refractivity contribution >= 4 is 5.91 Å². The number of aromatic nitrogens is 2. The third-order valence-corrected chi connectivity index (χ3v) is 3.19. The molecular weight excluding hydrogens is 254 g/mol. The average molecular weight is 275 g/mol. The van der Waals surface area contributed by atoms with E-state index < -0.39 is 0 Å². The molecule has 20 heavy (non-hydrogen) atoms. The summed E-state index contributed by atoms with van der Waals surface area (Å²) in [6.07, 6.45) is 3.47. The van der Waals surface area contributed by atoms with Gasteiger partial charge in [0.25, 0.3) is 5.91 Å². The number of nitrogens with zero attached hydrogens (tertiary/aromatic N) is 2. The lowest BCUT2D eigenvalue weighted by atomic mass is 10.1. The van der Waals surface area contributed by atoms with Crippen molar-refractivity contribution in [3.63, 3.8) is 0 Å². The molecule has 0 saturated carbocycles. The number of rotatable bonds is 6. The monoisotopic (exact) mass is 275 g/mol. The molecule has 0 aliphatic heterocycles. The van der Waals surface area contributed by atoms with Gasteiger partial charge < -0.3 is 9.32 Å². The molecule has 5 nitrogen and oxygen atoms in total. The molecule has 0 saturated heterocycles. The van der Waals surface area contributed by atoms with E-state index in [1.165, 1.54) is 0 Å². The highest BCUT2D eigenvalue weighted by Crippen LogP contribution is 2.25. The molecule has 0 radical (unpaired) electrons. The molecule has 1 N–H and O–H groups in total. The first-order valence-corrected chi connectivity index (χ1v) is 7.07.